The van der Waals surface area contributed by atoms with Crippen molar-refractivity contribution in [1.82, 2.24) is 0 Å². The maximum Gasteiger partial charge on any atom is 0.253 e. The molecule has 1 aliphatic rings. The highest BCUT2D eigenvalue weighted by Crippen LogP contribution is 2.21. The lowest BCUT2D eigenvalue weighted by molar-refractivity contribution is -0.120. The van der Waals surface area contributed by atoms with E-state index < -0.39 is 12.0 Å². The van der Waals surface area contributed by atoms with E-state index in [1.165, 1.54) is 0 Å². The summed E-state index contributed by atoms with van der Waals surface area (Å²) in [5, 5.41) is 20.5. The summed E-state index contributed by atoms with van der Waals surface area (Å²) in [7, 11) is 0. The molecule has 0 spiro atoms. The molecule has 1 N–H and O–H groups in total. The van der Waals surface area contributed by atoms with Gasteiger partial charge in [-0.25, -0.2) is 4.99 Å². The van der Waals surface area contributed by atoms with Gasteiger partial charge in [0.05, 0.1) is 29.4 Å². The second kappa shape index (κ2) is 6.77. The van der Waals surface area contributed by atoms with Crippen LogP contribution in [-0.2, 0) is 11.2 Å². The first-order valence-corrected chi connectivity index (χ1v) is 7.94. The first kappa shape index (κ1) is 16.1. The second-order valence-corrected chi connectivity index (χ2v) is 6.08. The lowest BCUT2D eigenvalue weighted by atomic mass is 9.91. The molecule has 1 unspecified atom stereocenters. The molecule has 2 aromatic rings. The molecule has 3 atom stereocenters. The van der Waals surface area contributed by atoms with Gasteiger partial charge >= 0.3 is 0 Å². The smallest absolute Gasteiger partial charge is 0.253 e. The number of fused-ring (bicyclic) bond motifs is 1. The number of nitrogens with zero attached hydrogens (tertiary/aromatic N) is 2. The molecule has 0 bridgehead atoms. The Bertz CT molecular complexity index is 908. The maximum atomic E-state index is 12.2. The van der Waals surface area contributed by atoms with Crippen LogP contribution in [0.1, 0.15) is 24.0 Å². The highest BCUT2D eigenvalue weighted by atomic mass is 16.3. The van der Waals surface area contributed by atoms with Crippen molar-refractivity contribution < 1.29 is 9.90 Å². The molecule has 0 radical (unpaired) electrons. The lowest BCUT2D eigenvalue weighted by Gasteiger charge is -2.15. The van der Waals surface area contributed by atoms with E-state index in [0.29, 0.717) is 6.42 Å². The molecule has 3 rings (SSSR count). The Morgan fingerprint density at radius 3 is 2.58 bits per heavy atom. The predicted molar refractivity (Wildman–Crippen MR) is 90.4 cm³/mol. The standard InChI is InChI=1S/C20H18N2O2/c1-13(23)18(12-21)15-8-6-14(7-9-15)10-17-11-16-4-2-3-5-19(16)22-20(17)24/h2-9,11,13,17-18,23H,10H2,1H3/t13-,17?,18+/m0/s1. The van der Waals surface area contributed by atoms with Gasteiger partial charge in [0.1, 0.15) is 0 Å². The van der Waals surface area contributed by atoms with Crippen molar-refractivity contribution in [3.8, 4) is 6.07 Å². The molecular weight excluding hydrogens is 300 g/mol. The minimum atomic E-state index is -0.718. The number of aliphatic hydroxyl groups excluding tert-OH is 1. The van der Waals surface area contributed by atoms with Crippen LogP contribution >= 0.6 is 0 Å². The molecule has 2 aromatic carbocycles. The number of hydrogen-bond donors (Lipinski definition) is 1. The van der Waals surface area contributed by atoms with Crippen molar-refractivity contribution in [3.05, 3.63) is 70.2 Å². The number of carbonyl (C=O) groups excluding carboxylic acids is 1. The van der Waals surface area contributed by atoms with E-state index >= 15 is 0 Å². The van der Waals surface area contributed by atoms with Gasteiger partial charge in [0.15, 0.2) is 0 Å². The van der Waals surface area contributed by atoms with E-state index in [2.05, 4.69) is 11.1 Å². The van der Waals surface area contributed by atoms with Crippen LogP contribution in [0.5, 0.6) is 0 Å². The molecule has 1 amide bonds. The quantitative estimate of drug-likeness (QED) is 0.928. The topological polar surface area (TPSA) is 73.4 Å². The fraction of sp³-hybridized carbons (Fsp3) is 0.250. The average Bonchev–Trinajstić information content (AvgIpc) is 2.57. The van der Waals surface area contributed by atoms with Gasteiger partial charge in [-0.15, -0.1) is 0 Å². The third-order valence-corrected chi connectivity index (χ3v) is 4.28. The summed E-state index contributed by atoms with van der Waals surface area (Å²) >= 11 is 0. The summed E-state index contributed by atoms with van der Waals surface area (Å²) < 4.78 is 0. The summed E-state index contributed by atoms with van der Waals surface area (Å²) in [5.74, 6) is -0.935. The van der Waals surface area contributed by atoms with Crippen molar-refractivity contribution in [2.75, 3.05) is 0 Å². The van der Waals surface area contributed by atoms with E-state index in [9.17, 15) is 9.90 Å². The molecule has 0 saturated heterocycles. The van der Waals surface area contributed by atoms with Gasteiger partial charge in [-0.05, 0) is 35.8 Å². The summed E-state index contributed by atoms with van der Waals surface area (Å²) in [4.78, 5) is 16.4. The fourth-order valence-corrected chi connectivity index (χ4v) is 2.94. The summed E-state index contributed by atoms with van der Waals surface area (Å²) in [6.07, 6.45) is 1.82. The highest BCUT2D eigenvalue weighted by molar-refractivity contribution is 5.86. The van der Waals surface area contributed by atoms with Crippen molar-refractivity contribution in [2.45, 2.75) is 25.4 Å². The Hall–Kier alpha value is -2.77. The van der Waals surface area contributed by atoms with Gasteiger partial charge in [-0.3, -0.25) is 4.79 Å². The maximum absolute atomic E-state index is 12.2. The second-order valence-electron chi connectivity index (χ2n) is 6.08. The van der Waals surface area contributed by atoms with Crippen LogP contribution in [0.4, 0.5) is 0 Å². The number of aliphatic hydroxyl groups is 1. The number of rotatable bonds is 4. The fourth-order valence-electron chi connectivity index (χ4n) is 2.94. The van der Waals surface area contributed by atoms with Crippen LogP contribution in [-0.4, -0.2) is 17.1 Å². The van der Waals surface area contributed by atoms with E-state index in [1.807, 2.05) is 54.6 Å². The van der Waals surface area contributed by atoms with Crippen LogP contribution in [0, 0.1) is 17.2 Å². The van der Waals surface area contributed by atoms with Crippen molar-refractivity contribution in [1.29, 1.82) is 5.26 Å². The molecule has 120 valence electrons. The zero-order chi connectivity index (χ0) is 17.1. The van der Waals surface area contributed by atoms with Gasteiger partial charge in [0.25, 0.3) is 5.91 Å². The molecule has 0 fully saturated rings. The third-order valence-electron chi connectivity index (χ3n) is 4.28. The first-order valence-electron chi connectivity index (χ1n) is 7.94. The Balaban J connectivity index is 1.81. The molecule has 24 heavy (non-hydrogen) atoms. The van der Waals surface area contributed by atoms with Gasteiger partial charge < -0.3 is 5.11 Å². The molecule has 1 heterocycles. The van der Waals surface area contributed by atoms with Gasteiger partial charge in [0.2, 0.25) is 0 Å². The zero-order valence-corrected chi connectivity index (χ0v) is 13.4. The number of hydrogen-bond acceptors (Lipinski definition) is 3. The van der Waals surface area contributed by atoms with Gasteiger partial charge in [-0.2, -0.15) is 5.26 Å². The minimum absolute atomic E-state index is 0.128. The molecule has 0 aliphatic carbocycles. The molecule has 0 saturated carbocycles. The average molecular weight is 318 g/mol. The zero-order valence-electron chi connectivity index (χ0n) is 13.4. The van der Waals surface area contributed by atoms with Crippen molar-refractivity contribution in [3.63, 3.8) is 0 Å². The predicted octanol–water partition coefficient (Wildman–Crippen LogP) is 1.47. The Kier molecular flexibility index (Phi) is 4.54. The van der Waals surface area contributed by atoms with Crippen LogP contribution in [0.3, 0.4) is 0 Å². The number of carbonyl (C=O) groups is 1. The molecular formula is C20H18N2O2. The normalized spacial score (nSPS) is 18.5. The third kappa shape index (κ3) is 3.27. The first-order chi connectivity index (χ1) is 11.6. The Labute approximate surface area is 140 Å². The Morgan fingerprint density at radius 1 is 1.21 bits per heavy atom. The van der Waals surface area contributed by atoms with Gasteiger partial charge in [0, 0.05) is 0 Å². The van der Waals surface area contributed by atoms with Crippen LogP contribution in [0.25, 0.3) is 6.08 Å². The van der Waals surface area contributed by atoms with E-state index in [1.54, 1.807) is 6.92 Å². The molecule has 4 heteroatoms. The minimum Gasteiger partial charge on any atom is -0.392 e. The number of nitriles is 1. The van der Waals surface area contributed by atoms with Crippen LogP contribution in [0.15, 0.2) is 53.5 Å². The van der Waals surface area contributed by atoms with E-state index in [4.69, 9.17) is 5.26 Å². The molecule has 0 aromatic heterocycles. The Morgan fingerprint density at radius 2 is 1.92 bits per heavy atom. The number of para-hydroxylation sites is 1. The van der Waals surface area contributed by atoms with Crippen LogP contribution < -0.4 is 10.6 Å². The summed E-state index contributed by atoms with van der Waals surface area (Å²) in [6, 6.07) is 17.2. The number of amides is 1. The van der Waals surface area contributed by atoms with Crippen LogP contribution in [0.2, 0.25) is 0 Å². The monoisotopic (exact) mass is 318 g/mol. The largest absolute Gasteiger partial charge is 0.392 e. The SMILES string of the molecule is C[C@H](O)[C@@H](C#N)c1ccc(CC2C=c3ccccc3=NC2=O)cc1. The lowest BCUT2D eigenvalue weighted by Crippen LogP contribution is -2.34. The molecule has 4 nitrogen and oxygen atoms in total. The summed E-state index contributed by atoms with van der Waals surface area (Å²) in [5.41, 5.74) is 1.79. The van der Waals surface area contributed by atoms with E-state index in [0.717, 1.165) is 21.7 Å². The van der Waals surface area contributed by atoms with Gasteiger partial charge in [-0.1, -0.05) is 48.5 Å². The van der Waals surface area contributed by atoms with Crippen molar-refractivity contribution >= 4 is 12.0 Å². The number of benzene rings is 2. The summed E-state index contributed by atoms with van der Waals surface area (Å²) in [6.45, 7) is 1.61. The highest BCUT2D eigenvalue weighted by Gasteiger charge is 2.20. The van der Waals surface area contributed by atoms with E-state index in [-0.39, 0.29) is 11.8 Å². The molecule has 1 aliphatic heterocycles. The van der Waals surface area contributed by atoms with Crippen molar-refractivity contribution in [2.24, 2.45) is 10.9 Å².